The van der Waals surface area contributed by atoms with Gasteiger partial charge in [-0.2, -0.15) is 0 Å². The van der Waals surface area contributed by atoms with Crippen molar-refractivity contribution in [1.29, 1.82) is 0 Å². The summed E-state index contributed by atoms with van der Waals surface area (Å²) in [5.41, 5.74) is 4.61. The number of anilines is 2. The smallest absolute Gasteiger partial charge is 0.223 e. The summed E-state index contributed by atoms with van der Waals surface area (Å²) in [7, 11) is 0. The minimum atomic E-state index is 0.0261. The number of benzene rings is 1. The van der Waals surface area contributed by atoms with E-state index in [-0.39, 0.29) is 24.2 Å². The zero-order valence-electron chi connectivity index (χ0n) is 18.3. The Hall–Kier alpha value is -2.99. The molecule has 6 nitrogen and oxygen atoms in total. The molecular weight excluding hydrogens is 420 g/mol. The number of halogens is 1. The third-order valence-corrected chi connectivity index (χ3v) is 6.32. The molecular formula is C25H27ClN6. The van der Waals surface area contributed by atoms with Crippen LogP contribution in [0, 0.1) is 0 Å². The topological polar surface area (TPSA) is 65.8 Å². The number of rotatable bonds is 4. The second kappa shape index (κ2) is 8.87. The zero-order chi connectivity index (χ0) is 22.1. The van der Waals surface area contributed by atoms with Crippen LogP contribution in [0.15, 0.2) is 76.6 Å². The van der Waals surface area contributed by atoms with Crippen molar-refractivity contribution in [2.75, 3.05) is 10.2 Å². The Balaban J connectivity index is 1.54. The highest BCUT2D eigenvalue weighted by Gasteiger charge is 2.42. The lowest BCUT2D eigenvalue weighted by molar-refractivity contribution is 0.573. The maximum Gasteiger partial charge on any atom is 0.223 e. The van der Waals surface area contributed by atoms with Crippen molar-refractivity contribution in [2.45, 2.75) is 57.3 Å². The molecule has 1 saturated carbocycles. The van der Waals surface area contributed by atoms with Crippen LogP contribution in [-0.2, 0) is 0 Å². The zero-order valence-corrected chi connectivity index (χ0v) is 19.1. The fourth-order valence-electron chi connectivity index (χ4n) is 4.77. The van der Waals surface area contributed by atoms with E-state index >= 15 is 0 Å². The lowest BCUT2D eigenvalue weighted by Crippen LogP contribution is -2.57. The Bertz CT molecular complexity index is 1090. The quantitative estimate of drug-likeness (QED) is 0.709. The second-order valence-corrected chi connectivity index (χ2v) is 9.10. The molecule has 2 aliphatic carbocycles. The summed E-state index contributed by atoms with van der Waals surface area (Å²) in [5, 5.41) is 4.25. The number of aliphatic imine (C=N–C) groups is 2. The van der Waals surface area contributed by atoms with E-state index < -0.39 is 0 Å². The number of nitrogens with zero attached hydrogens (tertiary/aromatic N) is 5. The highest BCUT2D eigenvalue weighted by molar-refractivity contribution is 6.30. The van der Waals surface area contributed by atoms with Gasteiger partial charge in [-0.05, 0) is 56.7 Å². The molecule has 0 saturated heterocycles. The van der Waals surface area contributed by atoms with Gasteiger partial charge in [0, 0.05) is 53.4 Å². The Morgan fingerprint density at radius 3 is 2.62 bits per heavy atom. The maximum atomic E-state index is 6.20. The van der Waals surface area contributed by atoms with E-state index in [1.807, 2.05) is 18.2 Å². The number of allylic oxidation sites excluding steroid dienone is 2. The minimum absolute atomic E-state index is 0.0261. The Kier molecular flexibility index (Phi) is 5.79. The van der Waals surface area contributed by atoms with Crippen molar-refractivity contribution in [1.82, 2.24) is 9.97 Å². The first kappa shape index (κ1) is 20.9. The molecule has 3 atom stereocenters. The van der Waals surface area contributed by atoms with Crippen molar-refractivity contribution in [2.24, 2.45) is 9.98 Å². The van der Waals surface area contributed by atoms with Crippen molar-refractivity contribution in [3.05, 3.63) is 71.7 Å². The van der Waals surface area contributed by atoms with Gasteiger partial charge in [0.25, 0.3) is 0 Å². The van der Waals surface area contributed by atoms with E-state index in [4.69, 9.17) is 21.6 Å². The standard InChI is InChI=1S/C25H27ClN6/c1-16(2)29-21-15-24-22(14-20(21)31-25-27-12-5-13-28-25)30-19-6-3-4-7-23(19)32(24)18-10-8-17(26)9-11-18/h3-6,8-13,16,20,23-24H,7,14-15H2,1-2H3,(H,27,28,31). The molecule has 0 amide bonds. The Morgan fingerprint density at radius 1 is 1.09 bits per heavy atom. The van der Waals surface area contributed by atoms with Crippen molar-refractivity contribution < 1.29 is 0 Å². The molecule has 5 rings (SSSR count). The van der Waals surface area contributed by atoms with Gasteiger partial charge in [-0.15, -0.1) is 0 Å². The predicted octanol–water partition coefficient (Wildman–Crippen LogP) is 5.10. The van der Waals surface area contributed by atoms with Gasteiger partial charge in [0.1, 0.15) is 0 Å². The molecule has 1 fully saturated rings. The molecule has 7 heteroatoms. The molecule has 1 aromatic heterocycles. The summed E-state index contributed by atoms with van der Waals surface area (Å²) in [6, 6.07) is 10.6. The van der Waals surface area contributed by atoms with E-state index in [2.05, 4.69) is 64.4 Å². The van der Waals surface area contributed by atoms with Crippen molar-refractivity contribution >= 4 is 34.7 Å². The van der Waals surface area contributed by atoms with Gasteiger partial charge in [0.05, 0.1) is 23.8 Å². The molecule has 32 heavy (non-hydrogen) atoms. The first-order valence-electron chi connectivity index (χ1n) is 11.2. The molecule has 1 aliphatic heterocycles. The van der Waals surface area contributed by atoms with Crippen LogP contribution in [0.4, 0.5) is 11.6 Å². The van der Waals surface area contributed by atoms with Crippen LogP contribution in [0.1, 0.15) is 33.1 Å². The third-order valence-electron chi connectivity index (χ3n) is 6.07. The first-order chi connectivity index (χ1) is 15.6. The lowest BCUT2D eigenvalue weighted by Gasteiger charge is -2.48. The average Bonchev–Trinajstić information content (AvgIpc) is 2.79. The second-order valence-electron chi connectivity index (χ2n) is 8.67. The molecule has 2 heterocycles. The van der Waals surface area contributed by atoms with Gasteiger partial charge in [-0.25, -0.2) is 9.97 Å². The van der Waals surface area contributed by atoms with Crippen molar-refractivity contribution in [3.8, 4) is 0 Å². The van der Waals surface area contributed by atoms with Gasteiger partial charge in [0.15, 0.2) is 0 Å². The molecule has 164 valence electrons. The minimum Gasteiger partial charge on any atom is -0.354 e. The van der Waals surface area contributed by atoms with Gasteiger partial charge >= 0.3 is 0 Å². The number of aromatic nitrogens is 2. The maximum absolute atomic E-state index is 6.20. The van der Waals surface area contributed by atoms with Crippen LogP contribution >= 0.6 is 11.6 Å². The number of fused-ring (bicyclic) bond motifs is 2. The molecule has 0 bridgehead atoms. The van der Waals surface area contributed by atoms with Crippen LogP contribution in [-0.4, -0.2) is 45.6 Å². The molecule has 3 aliphatic rings. The molecule has 0 radical (unpaired) electrons. The molecule has 1 aromatic carbocycles. The summed E-state index contributed by atoms with van der Waals surface area (Å²) in [4.78, 5) is 21.4. The summed E-state index contributed by atoms with van der Waals surface area (Å²) in [6.45, 7) is 4.24. The summed E-state index contributed by atoms with van der Waals surface area (Å²) in [5.74, 6) is 0.621. The van der Waals surface area contributed by atoms with E-state index in [1.54, 1.807) is 12.4 Å². The summed E-state index contributed by atoms with van der Waals surface area (Å²) >= 11 is 6.20. The largest absolute Gasteiger partial charge is 0.354 e. The van der Waals surface area contributed by atoms with E-state index in [0.717, 1.165) is 35.7 Å². The van der Waals surface area contributed by atoms with E-state index in [1.165, 1.54) is 11.4 Å². The fraction of sp³-hybridized carbons (Fsp3) is 0.360. The lowest BCUT2D eigenvalue weighted by atomic mass is 9.82. The number of hydrogen-bond acceptors (Lipinski definition) is 6. The normalized spacial score (nSPS) is 25.8. The van der Waals surface area contributed by atoms with Gasteiger partial charge in [-0.3, -0.25) is 9.98 Å². The summed E-state index contributed by atoms with van der Waals surface area (Å²) in [6.07, 6.45) is 12.5. The SMILES string of the molecule is CC(C)N=C1CC2C(=NC3=CC=CCC3N2c2ccc(Cl)cc2)CC1Nc1ncccn1. The first-order valence-corrected chi connectivity index (χ1v) is 11.5. The van der Waals surface area contributed by atoms with Crippen LogP contribution in [0.25, 0.3) is 0 Å². The van der Waals surface area contributed by atoms with E-state index in [9.17, 15) is 0 Å². The monoisotopic (exact) mass is 446 g/mol. The van der Waals surface area contributed by atoms with Gasteiger partial charge < -0.3 is 10.2 Å². The van der Waals surface area contributed by atoms with Crippen LogP contribution in [0.5, 0.6) is 0 Å². The Labute approximate surface area is 193 Å². The van der Waals surface area contributed by atoms with Crippen molar-refractivity contribution in [3.63, 3.8) is 0 Å². The molecule has 0 spiro atoms. The molecule has 2 aromatic rings. The predicted molar refractivity (Wildman–Crippen MR) is 132 cm³/mol. The van der Waals surface area contributed by atoms with Gasteiger partial charge in [0.2, 0.25) is 5.95 Å². The number of nitrogens with one attached hydrogen (secondary N) is 1. The highest BCUT2D eigenvalue weighted by atomic mass is 35.5. The summed E-state index contributed by atoms with van der Waals surface area (Å²) < 4.78 is 0. The average molecular weight is 447 g/mol. The van der Waals surface area contributed by atoms with Crippen LogP contribution < -0.4 is 10.2 Å². The molecule has 1 N–H and O–H groups in total. The Morgan fingerprint density at radius 2 is 1.88 bits per heavy atom. The highest BCUT2D eigenvalue weighted by Crippen LogP contribution is 2.37. The molecule has 3 unspecified atom stereocenters. The fourth-order valence-corrected chi connectivity index (χ4v) is 4.89. The van der Waals surface area contributed by atoms with E-state index in [0.29, 0.717) is 5.95 Å². The van der Waals surface area contributed by atoms with Crippen LogP contribution in [0.3, 0.4) is 0 Å². The van der Waals surface area contributed by atoms with Crippen LogP contribution in [0.2, 0.25) is 5.02 Å². The van der Waals surface area contributed by atoms with Gasteiger partial charge in [-0.1, -0.05) is 23.8 Å². The third kappa shape index (κ3) is 4.19. The number of hydrogen-bond donors (Lipinski definition) is 1.